The molecule has 1 saturated heterocycles. The van der Waals surface area contributed by atoms with Crippen molar-refractivity contribution in [2.75, 3.05) is 31.1 Å². The van der Waals surface area contributed by atoms with Gasteiger partial charge in [-0.2, -0.15) is 13.2 Å². The summed E-state index contributed by atoms with van der Waals surface area (Å²) in [5.74, 6) is -1.15. The molecule has 1 aliphatic rings. The van der Waals surface area contributed by atoms with E-state index in [1.54, 1.807) is 4.90 Å². The van der Waals surface area contributed by atoms with Crippen molar-refractivity contribution >= 4 is 23.3 Å². The molecule has 5 nitrogen and oxygen atoms in total. The van der Waals surface area contributed by atoms with Gasteiger partial charge in [-0.25, -0.2) is 0 Å². The minimum Gasteiger partial charge on any atom is -0.481 e. The quantitative estimate of drug-likeness (QED) is 0.583. The van der Waals surface area contributed by atoms with Gasteiger partial charge in [0.25, 0.3) is 0 Å². The van der Waals surface area contributed by atoms with E-state index in [1.165, 1.54) is 12.1 Å². The van der Waals surface area contributed by atoms with Crippen LogP contribution in [0.5, 0.6) is 0 Å². The molecule has 0 spiro atoms. The molecule has 1 aliphatic heterocycles. The van der Waals surface area contributed by atoms with Crippen molar-refractivity contribution in [3.8, 4) is 0 Å². The van der Waals surface area contributed by atoms with E-state index in [-0.39, 0.29) is 17.5 Å². The molecule has 32 heavy (non-hydrogen) atoms. The minimum atomic E-state index is -4.58. The molecule has 174 valence electrons. The van der Waals surface area contributed by atoms with Gasteiger partial charge in [0.1, 0.15) is 0 Å². The molecule has 0 radical (unpaired) electrons. The number of alkyl halides is 3. The van der Waals surface area contributed by atoms with Crippen LogP contribution in [-0.4, -0.2) is 47.3 Å². The molecule has 0 saturated carbocycles. The highest BCUT2D eigenvalue weighted by Crippen LogP contribution is 2.38. The Morgan fingerprint density at radius 2 is 1.94 bits per heavy atom. The van der Waals surface area contributed by atoms with Crippen molar-refractivity contribution in [1.29, 1.82) is 0 Å². The maximum atomic E-state index is 13.3. The zero-order valence-electron chi connectivity index (χ0n) is 17.9. The molecule has 1 atom stereocenters. The van der Waals surface area contributed by atoms with Crippen LogP contribution in [0.15, 0.2) is 36.4 Å². The number of likely N-dealkylation sites (N-methyl/N-ethyl adjacent to an activating group) is 1. The van der Waals surface area contributed by atoms with Crippen LogP contribution in [0.2, 0.25) is 5.02 Å². The smallest absolute Gasteiger partial charge is 0.417 e. The number of carboxylic acids is 1. The summed E-state index contributed by atoms with van der Waals surface area (Å²) in [7, 11) is 0. The number of hydrogen-bond acceptors (Lipinski definition) is 4. The molecule has 0 bridgehead atoms. The largest absolute Gasteiger partial charge is 0.481 e. The van der Waals surface area contributed by atoms with Gasteiger partial charge in [0.2, 0.25) is 0 Å². The Balaban J connectivity index is 1.88. The van der Waals surface area contributed by atoms with Crippen molar-refractivity contribution in [3.63, 3.8) is 0 Å². The van der Waals surface area contributed by atoms with Crippen LogP contribution in [-0.2, 0) is 17.5 Å². The number of likely N-dealkylation sites (tertiary alicyclic amines) is 1. The standard InChI is InChI=1S/C23H26ClF3N2O3/c1-3-29(18-6-7-20(24)19(9-18)23(25,26)27)21(13-30)15-5-4-14(2)16(8-15)10-28-11-17(12-28)22(31)32/h4-9,17,21,30H,3,10-13H2,1-2H3,(H,31,32). The fourth-order valence-electron chi connectivity index (χ4n) is 4.04. The molecule has 2 N–H and O–H groups in total. The van der Waals surface area contributed by atoms with Crippen LogP contribution in [0, 0.1) is 12.8 Å². The molecule has 1 fully saturated rings. The summed E-state index contributed by atoms with van der Waals surface area (Å²) in [6, 6.07) is 8.91. The minimum absolute atomic E-state index is 0.287. The average Bonchev–Trinajstić information content (AvgIpc) is 2.69. The van der Waals surface area contributed by atoms with E-state index >= 15 is 0 Å². The van der Waals surface area contributed by atoms with E-state index in [1.807, 2.05) is 36.9 Å². The van der Waals surface area contributed by atoms with Crippen LogP contribution in [0.1, 0.15) is 35.2 Å². The number of rotatable bonds is 8. The first kappa shape index (κ1) is 24.4. The van der Waals surface area contributed by atoms with Gasteiger partial charge < -0.3 is 15.1 Å². The van der Waals surface area contributed by atoms with Crippen LogP contribution < -0.4 is 4.90 Å². The molecule has 1 unspecified atom stereocenters. The number of halogens is 4. The van der Waals surface area contributed by atoms with E-state index < -0.39 is 23.8 Å². The third kappa shape index (κ3) is 5.19. The lowest BCUT2D eigenvalue weighted by atomic mass is 9.95. The summed E-state index contributed by atoms with van der Waals surface area (Å²) in [6.07, 6.45) is -4.58. The molecule has 3 rings (SSSR count). The average molecular weight is 471 g/mol. The first-order valence-corrected chi connectivity index (χ1v) is 10.7. The summed E-state index contributed by atoms with van der Waals surface area (Å²) >= 11 is 5.77. The van der Waals surface area contributed by atoms with Gasteiger partial charge in [-0.3, -0.25) is 9.69 Å². The zero-order chi connectivity index (χ0) is 23.6. The second kappa shape index (κ2) is 9.68. The Labute approximate surface area is 190 Å². The number of nitrogens with zero attached hydrogens (tertiary/aromatic N) is 2. The number of aliphatic hydroxyl groups is 1. The molecule has 0 aromatic heterocycles. The lowest BCUT2D eigenvalue weighted by Gasteiger charge is -2.37. The predicted octanol–water partition coefficient (Wildman–Crippen LogP) is 4.74. The number of carbonyl (C=O) groups is 1. The maximum absolute atomic E-state index is 13.3. The molecule has 2 aromatic rings. The number of anilines is 1. The molecule has 0 aliphatic carbocycles. The van der Waals surface area contributed by atoms with Crippen LogP contribution in [0.3, 0.4) is 0 Å². The van der Waals surface area contributed by atoms with E-state index in [0.717, 1.165) is 22.8 Å². The van der Waals surface area contributed by atoms with Crippen molar-refractivity contribution in [3.05, 3.63) is 63.7 Å². The highest BCUT2D eigenvalue weighted by atomic mass is 35.5. The van der Waals surface area contributed by atoms with Crippen molar-refractivity contribution in [2.24, 2.45) is 5.92 Å². The Kier molecular flexibility index (Phi) is 7.37. The second-order valence-corrected chi connectivity index (χ2v) is 8.47. The summed E-state index contributed by atoms with van der Waals surface area (Å²) in [5.41, 5.74) is 2.19. The van der Waals surface area contributed by atoms with Gasteiger partial charge in [0.15, 0.2) is 0 Å². The lowest BCUT2D eigenvalue weighted by Crippen LogP contribution is -2.49. The Bertz CT molecular complexity index is 977. The van der Waals surface area contributed by atoms with E-state index in [4.69, 9.17) is 16.7 Å². The second-order valence-electron chi connectivity index (χ2n) is 8.06. The summed E-state index contributed by atoms with van der Waals surface area (Å²) in [4.78, 5) is 14.8. The van der Waals surface area contributed by atoms with Crippen LogP contribution >= 0.6 is 11.6 Å². The Morgan fingerprint density at radius 1 is 1.25 bits per heavy atom. The summed E-state index contributed by atoms with van der Waals surface area (Å²) < 4.78 is 40.0. The number of aliphatic carboxylic acids is 1. The van der Waals surface area contributed by atoms with Gasteiger partial charge in [-0.15, -0.1) is 0 Å². The SMILES string of the molecule is CCN(c1ccc(Cl)c(C(F)(F)F)c1)C(CO)c1ccc(C)c(CN2CC(C(=O)O)C2)c1. The van der Waals surface area contributed by atoms with Crippen LogP contribution in [0.4, 0.5) is 18.9 Å². The lowest BCUT2D eigenvalue weighted by molar-refractivity contribution is -0.147. The van der Waals surface area contributed by atoms with Crippen molar-refractivity contribution in [2.45, 2.75) is 32.6 Å². The first-order valence-electron chi connectivity index (χ1n) is 10.3. The normalized spacial score (nSPS) is 16.0. The third-order valence-corrected chi connectivity index (χ3v) is 6.26. The first-order chi connectivity index (χ1) is 15.0. The molecule has 2 aromatic carbocycles. The summed E-state index contributed by atoms with van der Waals surface area (Å²) in [6.45, 7) is 5.39. The van der Waals surface area contributed by atoms with Gasteiger partial charge in [-0.05, 0) is 48.7 Å². The van der Waals surface area contributed by atoms with Gasteiger partial charge in [0, 0.05) is 31.9 Å². The maximum Gasteiger partial charge on any atom is 0.417 e. The fourth-order valence-corrected chi connectivity index (χ4v) is 4.27. The van der Waals surface area contributed by atoms with Gasteiger partial charge in [0.05, 0.1) is 29.2 Å². The van der Waals surface area contributed by atoms with E-state index in [0.29, 0.717) is 31.9 Å². The Hall–Kier alpha value is -2.29. The van der Waals surface area contributed by atoms with Gasteiger partial charge >= 0.3 is 12.1 Å². The molecule has 1 heterocycles. The van der Waals surface area contributed by atoms with Crippen molar-refractivity contribution in [1.82, 2.24) is 4.90 Å². The summed E-state index contributed by atoms with van der Waals surface area (Å²) in [5, 5.41) is 18.9. The predicted molar refractivity (Wildman–Crippen MR) is 117 cm³/mol. The number of hydrogen-bond donors (Lipinski definition) is 2. The number of benzene rings is 2. The van der Waals surface area contributed by atoms with E-state index in [2.05, 4.69) is 0 Å². The van der Waals surface area contributed by atoms with Crippen molar-refractivity contribution < 1.29 is 28.2 Å². The third-order valence-electron chi connectivity index (χ3n) is 5.94. The molecule has 9 heteroatoms. The van der Waals surface area contributed by atoms with Gasteiger partial charge in [-0.1, -0.05) is 29.8 Å². The zero-order valence-corrected chi connectivity index (χ0v) is 18.6. The fraction of sp³-hybridized carbons (Fsp3) is 0.435. The highest BCUT2D eigenvalue weighted by molar-refractivity contribution is 6.31. The topological polar surface area (TPSA) is 64.0 Å². The highest BCUT2D eigenvalue weighted by Gasteiger charge is 2.35. The molecule has 0 amide bonds. The number of carboxylic acid groups (broad SMARTS) is 1. The monoisotopic (exact) mass is 470 g/mol. The molecular formula is C23H26ClF3N2O3. The van der Waals surface area contributed by atoms with E-state index in [9.17, 15) is 23.1 Å². The van der Waals surface area contributed by atoms with Crippen LogP contribution in [0.25, 0.3) is 0 Å². The molecular weight excluding hydrogens is 445 g/mol. The number of aryl methyl sites for hydroxylation is 1. The number of aliphatic hydroxyl groups excluding tert-OH is 1. The Morgan fingerprint density at radius 3 is 2.50 bits per heavy atom.